The molecule has 0 bridgehead atoms. The Balaban J connectivity index is 1.68. The third-order valence-electron chi connectivity index (χ3n) is 6.07. The minimum absolute atomic E-state index is 0.182. The van der Waals surface area contributed by atoms with Gasteiger partial charge in [-0.2, -0.15) is 0 Å². The van der Waals surface area contributed by atoms with Crippen LogP contribution < -0.4 is 24.9 Å². The van der Waals surface area contributed by atoms with Gasteiger partial charge in [0.15, 0.2) is 4.80 Å². The van der Waals surface area contributed by atoms with Crippen molar-refractivity contribution in [2.75, 3.05) is 12.4 Å². The number of ether oxygens (including phenoxy) is 1. The van der Waals surface area contributed by atoms with Crippen LogP contribution in [0, 0.1) is 6.92 Å². The quantitative estimate of drug-likeness (QED) is 0.451. The van der Waals surface area contributed by atoms with E-state index in [2.05, 4.69) is 5.32 Å². The first-order valence-electron chi connectivity index (χ1n) is 11.5. The van der Waals surface area contributed by atoms with Gasteiger partial charge in [0.2, 0.25) is 0 Å². The van der Waals surface area contributed by atoms with Gasteiger partial charge in [0.05, 0.1) is 29.0 Å². The van der Waals surface area contributed by atoms with Crippen LogP contribution in [0.5, 0.6) is 5.75 Å². The molecule has 0 saturated carbocycles. The van der Waals surface area contributed by atoms with E-state index in [1.54, 1.807) is 11.7 Å². The second-order valence-corrected chi connectivity index (χ2v) is 9.60. The number of hydrogen-bond acceptors (Lipinski definition) is 5. The number of anilines is 1. The van der Waals surface area contributed by atoms with E-state index in [9.17, 15) is 9.59 Å². The SMILES string of the molecule is COc1ccc(C2C(C(=O)Nc3ccccc3)=C(C)N=c3s/c(=C\c4cccc(C)c4)c(=O)n32)cc1. The molecule has 0 fully saturated rings. The topological polar surface area (TPSA) is 72.7 Å². The van der Waals surface area contributed by atoms with Gasteiger partial charge in [0.1, 0.15) is 5.75 Å². The highest BCUT2D eigenvalue weighted by molar-refractivity contribution is 7.07. The van der Waals surface area contributed by atoms with Crippen LogP contribution in [0.4, 0.5) is 5.69 Å². The second-order valence-electron chi connectivity index (χ2n) is 8.59. The van der Waals surface area contributed by atoms with Gasteiger partial charge in [-0.3, -0.25) is 14.2 Å². The van der Waals surface area contributed by atoms with Crippen molar-refractivity contribution in [2.45, 2.75) is 19.9 Å². The number of aryl methyl sites for hydroxylation is 1. The fourth-order valence-electron chi connectivity index (χ4n) is 4.34. The molecular formula is C29H25N3O3S. The standard InChI is InChI=1S/C29H25N3O3S/c1-18-8-7-9-20(16-18)17-24-28(34)32-26(21-12-14-23(35-3)15-13-21)25(19(2)30-29(32)36-24)27(33)31-22-10-5-4-6-11-22/h4-17,26H,1-3H3,(H,31,33)/b24-17-. The van der Waals surface area contributed by atoms with Gasteiger partial charge in [-0.05, 0) is 55.3 Å². The Bertz CT molecular complexity index is 1650. The second kappa shape index (κ2) is 9.79. The normalized spacial score (nSPS) is 15.3. The third-order valence-corrected chi connectivity index (χ3v) is 7.05. The molecule has 0 spiro atoms. The summed E-state index contributed by atoms with van der Waals surface area (Å²) < 4.78 is 7.51. The van der Waals surface area contributed by atoms with Gasteiger partial charge in [-0.15, -0.1) is 0 Å². The molecule has 1 N–H and O–H groups in total. The number of allylic oxidation sites excluding steroid dienone is 1. The number of nitrogens with one attached hydrogen (secondary N) is 1. The molecule has 1 aliphatic heterocycles. The van der Waals surface area contributed by atoms with E-state index in [1.165, 1.54) is 11.3 Å². The van der Waals surface area contributed by atoms with Crippen molar-refractivity contribution in [1.82, 2.24) is 4.57 Å². The number of aromatic nitrogens is 1. The molecule has 7 heteroatoms. The molecule has 4 aromatic rings. The van der Waals surface area contributed by atoms with Crippen molar-refractivity contribution >= 4 is 29.0 Å². The van der Waals surface area contributed by atoms with Crippen molar-refractivity contribution in [3.8, 4) is 5.75 Å². The number of carbonyl (C=O) groups excluding carboxylic acids is 1. The lowest BCUT2D eigenvalue weighted by atomic mass is 9.95. The van der Waals surface area contributed by atoms with Gasteiger partial charge in [0, 0.05) is 5.69 Å². The Morgan fingerprint density at radius 2 is 1.78 bits per heavy atom. The van der Waals surface area contributed by atoms with Gasteiger partial charge < -0.3 is 10.1 Å². The fourth-order valence-corrected chi connectivity index (χ4v) is 5.39. The molecule has 5 rings (SSSR count). The van der Waals surface area contributed by atoms with Crippen LogP contribution in [0.25, 0.3) is 6.08 Å². The average Bonchev–Trinajstić information content (AvgIpc) is 3.18. The smallest absolute Gasteiger partial charge is 0.271 e. The molecule has 1 atom stereocenters. The number of fused-ring (bicyclic) bond motifs is 1. The van der Waals surface area contributed by atoms with Gasteiger partial charge in [-0.1, -0.05) is 71.5 Å². The predicted octanol–water partition coefficient (Wildman–Crippen LogP) is 4.19. The van der Waals surface area contributed by atoms with E-state index in [0.29, 0.717) is 32.0 Å². The summed E-state index contributed by atoms with van der Waals surface area (Å²) >= 11 is 1.33. The first-order valence-corrected chi connectivity index (χ1v) is 12.4. The van der Waals surface area contributed by atoms with Crippen LogP contribution in [-0.2, 0) is 4.79 Å². The van der Waals surface area contributed by atoms with E-state index in [-0.39, 0.29) is 11.5 Å². The van der Waals surface area contributed by atoms with E-state index >= 15 is 0 Å². The minimum Gasteiger partial charge on any atom is -0.497 e. The number of methoxy groups -OCH3 is 1. The lowest BCUT2D eigenvalue weighted by Gasteiger charge is -2.25. The summed E-state index contributed by atoms with van der Waals surface area (Å²) in [5.74, 6) is 0.401. The van der Waals surface area contributed by atoms with E-state index in [4.69, 9.17) is 9.73 Å². The Kier molecular flexibility index (Phi) is 6.40. The summed E-state index contributed by atoms with van der Waals surface area (Å²) in [4.78, 5) is 32.6. The first-order chi connectivity index (χ1) is 17.4. The Hall–Kier alpha value is -4.23. The van der Waals surface area contributed by atoms with Crippen LogP contribution >= 0.6 is 11.3 Å². The van der Waals surface area contributed by atoms with Crippen LogP contribution in [0.15, 0.2) is 99.9 Å². The van der Waals surface area contributed by atoms with Gasteiger partial charge >= 0.3 is 0 Å². The number of amides is 1. The number of thiazole rings is 1. The highest BCUT2D eigenvalue weighted by Gasteiger charge is 2.32. The van der Waals surface area contributed by atoms with Crippen molar-refractivity contribution in [2.24, 2.45) is 4.99 Å². The summed E-state index contributed by atoms with van der Waals surface area (Å²) in [6.07, 6.45) is 1.88. The molecule has 180 valence electrons. The maximum atomic E-state index is 13.7. The Morgan fingerprint density at radius 1 is 1.03 bits per heavy atom. The Morgan fingerprint density at radius 3 is 2.47 bits per heavy atom. The predicted molar refractivity (Wildman–Crippen MR) is 143 cm³/mol. The van der Waals surface area contributed by atoms with Crippen LogP contribution in [0.3, 0.4) is 0 Å². The summed E-state index contributed by atoms with van der Waals surface area (Å²) in [5.41, 5.74) is 4.35. The molecule has 0 radical (unpaired) electrons. The summed E-state index contributed by atoms with van der Waals surface area (Å²) in [7, 11) is 1.60. The largest absolute Gasteiger partial charge is 0.497 e. The summed E-state index contributed by atoms with van der Waals surface area (Å²) in [5, 5.41) is 2.97. The zero-order valence-electron chi connectivity index (χ0n) is 20.2. The van der Waals surface area contributed by atoms with Gasteiger partial charge in [0.25, 0.3) is 11.5 Å². The molecule has 1 aromatic heterocycles. The van der Waals surface area contributed by atoms with Crippen LogP contribution in [0.1, 0.15) is 29.7 Å². The molecule has 0 saturated heterocycles. The number of nitrogens with zero attached hydrogens (tertiary/aromatic N) is 2. The first kappa shape index (κ1) is 23.5. The molecule has 6 nitrogen and oxygen atoms in total. The molecule has 0 aliphatic carbocycles. The number of hydrogen-bond donors (Lipinski definition) is 1. The number of para-hydroxylation sites is 1. The highest BCUT2D eigenvalue weighted by Crippen LogP contribution is 2.31. The van der Waals surface area contributed by atoms with Crippen molar-refractivity contribution < 1.29 is 9.53 Å². The molecule has 1 amide bonds. The van der Waals surface area contributed by atoms with Gasteiger partial charge in [-0.25, -0.2) is 4.99 Å². The highest BCUT2D eigenvalue weighted by atomic mass is 32.1. The third kappa shape index (κ3) is 4.53. The number of rotatable bonds is 5. The summed E-state index contributed by atoms with van der Waals surface area (Å²) in [6.45, 7) is 3.83. The molecule has 1 aliphatic rings. The molecule has 2 heterocycles. The molecule has 3 aromatic carbocycles. The lowest BCUT2D eigenvalue weighted by Crippen LogP contribution is -2.40. The maximum Gasteiger partial charge on any atom is 0.271 e. The zero-order chi connectivity index (χ0) is 25.2. The summed E-state index contributed by atoms with van der Waals surface area (Å²) in [6, 6.07) is 24.1. The van der Waals surface area contributed by atoms with E-state index in [0.717, 1.165) is 16.7 Å². The Labute approximate surface area is 212 Å². The molecule has 36 heavy (non-hydrogen) atoms. The van der Waals surface area contributed by atoms with Crippen LogP contribution in [0.2, 0.25) is 0 Å². The maximum absolute atomic E-state index is 13.7. The number of benzene rings is 3. The zero-order valence-corrected chi connectivity index (χ0v) is 21.0. The van der Waals surface area contributed by atoms with Crippen LogP contribution in [-0.4, -0.2) is 17.6 Å². The molecule has 1 unspecified atom stereocenters. The average molecular weight is 496 g/mol. The number of carbonyl (C=O) groups is 1. The van der Waals surface area contributed by atoms with Crippen molar-refractivity contribution in [1.29, 1.82) is 0 Å². The van der Waals surface area contributed by atoms with Crippen molar-refractivity contribution in [3.05, 3.63) is 127 Å². The van der Waals surface area contributed by atoms with E-state index in [1.807, 2.05) is 98.8 Å². The molecular weight excluding hydrogens is 470 g/mol. The van der Waals surface area contributed by atoms with Crippen molar-refractivity contribution in [3.63, 3.8) is 0 Å². The monoisotopic (exact) mass is 495 g/mol. The fraction of sp³-hybridized carbons (Fsp3) is 0.138. The minimum atomic E-state index is -0.629. The lowest BCUT2D eigenvalue weighted by molar-refractivity contribution is -0.113. The van der Waals surface area contributed by atoms with E-state index < -0.39 is 6.04 Å².